The van der Waals surface area contributed by atoms with Crippen LogP contribution in [0.1, 0.15) is 57.8 Å². The van der Waals surface area contributed by atoms with Crippen molar-refractivity contribution >= 4 is 81.3 Å². The summed E-state index contributed by atoms with van der Waals surface area (Å²) in [6, 6.07) is 9.56. The molecule has 2 amide bonds. The number of hydrogen-bond donors (Lipinski definition) is 10. The molecule has 0 aliphatic carbocycles. The molecule has 0 fully saturated rings. The van der Waals surface area contributed by atoms with Crippen LogP contribution in [0.2, 0.25) is 0 Å². The first-order chi connectivity index (χ1) is 30.4. The van der Waals surface area contributed by atoms with Crippen molar-refractivity contribution in [1.29, 1.82) is 0 Å². The molecule has 4 heterocycles. The third-order valence-corrected chi connectivity index (χ3v) is 8.69. The third kappa shape index (κ3) is 14.3. The van der Waals surface area contributed by atoms with Crippen LogP contribution >= 0.6 is 0 Å². The fraction of sp³-hybridized carbons (Fsp3) is 0.211. The quantitative estimate of drug-likeness (QED) is 0.0417. The predicted molar refractivity (Wildman–Crippen MR) is 219 cm³/mol. The molecule has 0 radical (unpaired) electrons. The number of aromatic amines is 2. The molecule has 0 aliphatic heterocycles. The molecule has 12 N–H and O–H groups in total. The number of aliphatic carboxylic acids is 4. The van der Waals surface area contributed by atoms with E-state index in [4.69, 9.17) is 21.7 Å². The summed E-state index contributed by atoms with van der Waals surface area (Å²) >= 11 is 0. The number of nitrogens with zero attached hydrogens (tertiary/aromatic N) is 6. The van der Waals surface area contributed by atoms with E-state index in [1.807, 2.05) is 0 Å². The first-order valence-electron chi connectivity index (χ1n) is 18.6. The molecule has 0 spiro atoms. The second kappa shape index (κ2) is 22.6. The number of anilines is 4. The molecule has 2 aromatic carbocycles. The molecule has 0 saturated carbocycles. The van der Waals surface area contributed by atoms with Crippen LogP contribution in [0.3, 0.4) is 0 Å². The van der Waals surface area contributed by atoms with Gasteiger partial charge < -0.3 is 62.7 Å². The van der Waals surface area contributed by atoms with E-state index >= 15 is 0 Å². The zero-order valence-electron chi connectivity index (χ0n) is 33.3. The number of carboxylic acids is 4. The standard InChI is InChI=1S/2C19H19N7O6.Pt/c2*20-19-25-15-14(17(30)26-19)23-11(8-22-15)7-21-10-3-1-9(2-4-10)16(29)24-12(18(31)32)5-6-13(27)28;/h2*1-4,8,12,21H,5-7H2,(H,24,29)(H,27,28)(H,31,32)(H3,20,22,25,26,30);/q;;+2/p-2. The summed E-state index contributed by atoms with van der Waals surface area (Å²) in [6.07, 6.45) is 1.32. The van der Waals surface area contributed by atoms with Gasteiger partial charge in [-0.3, -0.25) is 29.1 Å². The Morgan fingerprint density at radius 3 is 1.28 bits per heavy atom. The molecule has 27 heteroatoms. The van der Waals surface area contributed by atoms with E-state index in [9.17, 15) is 48.6 Å². The van der Waals surface area contributed by atoms with E-state index in [1.54, 1.807) is 24.3 Å². The molecule has 65 heavy (non-hydrogen) atoms. The zero-order chi connectivity index (χ0) is 46.5. The van der Waals surface area contributed by atoms with Crippen molar-refractivity contribution in [3.05, 3.63) is 104 Å². The van der Waals surface area contributed by atoms with Gasteiger partial charge in [0.05, 0.1) is 36.9 Å². The fourth-order valence-corrected chi connectivity index (χ4v) is 5.50. The average Bonchev–Trinajstić information content (AvgIpc) is 3.25. The van der Waals surface area contributed by atoms with E-state index in [1.165, 1.54) is 36.7 Å². The van der Waals surface area contributed by atoms with Crippen molar-refractivity contribution in [3.63, 3.8) is 0 Å². The van der Waals surface area contributed by atoms with E-state index in [-0.39, 0.29) is 92.3 Å². The maximum Gasteiger partial charge on any atom is 2.00 e. The SMILES string of the molecule is Nc1nc2ncc(CNc3ccc(C(=O)NC(CCC(=O)[O-])C(=O)O)cc3)nc2c(=O)[nH]1.Nc1nc2ncc(CNc3ccc(C(=O)NC(CCC(=O)[O-])C(=O)O)cc3)nc2c(=O)[nH]1.[Pt+2]. The minimum absolute atomic E-state index is 0. The van der Waals surface area contributed by atoms with E-state index in [0.717, 1.165) is 0 Å². The summed E-state index contributed by atoms with van der Waals surface area (Å²) in [4.78, 5) is 121. The van der Waals surface area contributed by atoms with Crippen molar-refractivity contribution in [2.75, 3.05) is 22.1 Å². The minimum atomic E-state index is -1.40. The van der Waals surface area contributed by atoms with Crippen molar-refractivity contribution in [3.8, 4) is 0 Å². The Morgan fingerprint density at radius 2 is 0.954 bits per heavy atom. The van der Waals surface area contributed by atoms with Gasteiger partial charge in [0.15, 0.2) is 22.3 Å². The smallest absolute Gasteiger partial charge is 0.550 e. The number of carbonyl (C=O) groups excluding carboxylic acids is 4. The fourth-order valence-electron chi connectivity index (χ4n) is 5.50. The van der Waals surface area contributed by atoms with Crippen molar-refractivity contribution in [2.45, 2.75) is 50.9 Å². The van der Waals surface area contributed by atoms with Gasteiger partial charge in [-0.15, -0.1) is 0 Å². The number of nitrogens with two attached hydrogens (primary N) is 2. The monoisotopic (exact) mass is 1080 g/mol. The molecule has 0 bridgehead atoms. The minimum Gasteiger partial charge on any atom is -0.550 e. The number of hydrogen-bond acceptors (Lipinski definition) is 20. The molecule has 6 rings (SSSR count). The molecule has 0 saturated heterocycles. The number of benzene rings is 2. The molecule has 6 aromatic rings. The molecule has 2 unspecified atom stereocenters. The van der Waals surface area contributed by atoms with Crippen LogP contribution in [0.5, 0.6) is 0 Å². The summed E-state index contributed by atoms with van der Waals surface area (Å²) in [5.41, 5.74) is 12.9. The molecular weight excluding hydrogens is 1040 g/mol. The van der Waals surface area contributed by atoms with Gasteiger partial charge >= 0.3 is 33.0 Å². The number of amides is 2. The van der Waals surface area contributed by atoms with Gasteiger partial charge in [0.1, 0.15) is 12.1 Å². The summed E-state index contributed by atoms with van der Waals surface area (Å²) < 4.78 is 0. The van der Waals surface area contributed by atoms with Gasteiger partial charge in [-0.25, -0.2) is 29.5 Å². The normalized spacial score (nSPS) is 11.4. The van der Waals surface area contributed by atoms with Crippen LogP contribution in [0.25, 0.3) is 22.3 Å². The van der Waals surface area contributed by atoms with Gasteiger partial charge in [0, 0.05) is 34.4 Å². The van der Waals surface area contributed by atoms with Gasteiger partial charge in [-0.05, 0) is 74.2 Å². The molecule has 0 aliphatic rings. The Hall–Kier alpha value is -8.41. The van der Waals surface area contributed by atoms with Crippen LogP contribution in [-0.2, 0) is 53.3 Å². The topological polar surface area (TPSA) is 432 Å². The predicted octanol–water partition coefficient (Wildman–Crippen LogP) is -2.76. The van der Waals surface area contributed by atoms with Crippen LogP contribution in [-0.4, -0.2) is 97.9 Å². The molecular formula is C38H36N14O12Pt. The number of nitrogens with one attached hydrogen (secondary N) is 6. The first kappa shape index (κ1) is 49.2. The second-order valence-corrected chi connectivity index (χ2v) is 13.4. The van der Waals surface area contributed by atoms with Crippen molar-refractivity contribution in [2.24, 2.45) is 0 Å². The summed E-state index contributed by atoms with van der Waals surface area (Å²) in [6.45, 7) is 0.450. The summed E-state index contributed by atoms with van der Waals surface area (Å²) in [7, 11) is 0. The van der Waals surface area contributed by atoms with E-state index in [2.05, 4.69) is 61.1 Å². The Balaban J connectivity index is 0.000000280. The maximum absolute atomic E-state index is 12.3. The molecule has 4 aromatic heterocycles. The summed E-state index contributed by atoms with van der Waals surface area (Å²) in [5, 5.41) is 49.9. The number of aromatic nitrogens is 8. The van der Waals surface area contributed by atoms with Gasteiger partial charge in [-0.1, -0.05) is 0 Å². The Kier molecular flexibility index (Phi) is 17.1. The largest absolute Gasteiger partial charge is 2.00 e. The number of carbonyl (C=O) groups is 6. The van der Waals surface area contributed by atoms with Crippen LogP contribution in [0, 0.1) is 0 Å². The van der Waals surface area contributed by atoms with Crippen LogP contribution in [0.15, 0.2) is 70.5 Å². The molecule has 26 nitrogen and oxygen atoms in total. The van der Waals surface area contributed by atoms with E-state index in [0.29, 0.717) is 22.8 Å². The number of rotatable bonds is 18. The number of carboxylic acid groups (broad SMARTS) is 4. The Labute approximate surface area is 378 Å². The van der Waals surface area contributed by atoms with Crippen LogP contribution in [0.4, 0.5) is 23.3 Å². The number of nitrogen functional groups attached to an aromatic ring is 2. The van der Waals surface area contributed by atoms with Gasteiger partial charge in [0.25, 0.3) is 22.9 Å². The van der Waals surface area contributed by atoms with Crippen LogP contribution < -0.4 is 54.1 Å². The molecule has 340 valence electrons. The number of fused-ring (bicyclic) bond motifs is 2. The zero-order valence-corrected chi connectivity index (χ0v) is 35.6. The maximum atomic E-state index is 12.3. The number of H-pyrrole nitrogens is 2. The average molecular weight is 1080 g/mol. The Bertz CT molecular complexity index is 2650. The summed E-state index contributed by atoms with van der Waals surface area (Å²) in [5.74, 6) is -6.91. The van der Waals surface area contributed by atoms with Gasteiger partial charge in [-0.2, -0.15) is 9.97 Å². The molecule has 2 atom stereocenters. The third-order valence-electron chi connectivity index (χ3n) is 8.69. The second-order valence-electron chi connectivity index (χ2n) is 13.4. The van der Waals surface area contributed by atoms with E-state index < -0.39 is 71.7 Å². The Morgan fingerprint density at radius 1 is 0.600 bits per heavy atom. The van der Waals surface area contributed by atoms with Crippen molar-refractivity contribution in [1.82, 2.24) is 50.5 Å². The van der Waals surface area contributed by atoms with Gasteiger partial charge in [0.2, 0.25) is 11.9 Å². The van der Waals surface area contributed by atoms with Crippen molar-refractivity contribution < 1.29 is 70.3 Å². The first-order valence-corrected chi connectivity index (χ1v) is 18.6.